The predicted molar refractivity (Wildman–Crippen MR) is 173 cm³/mol. The first-order chi connectivity index (χ1) is 22.2. The Kier molecular flexibility index (Phi) is 8.69. The van der Waals surface area contributed by atoms with E-state index in [1.807, 2.05) is 25.1 Å². The van der Waals surface area contributed by atoms with Gasteiger partial charge < -0.3 is 24.5 Å². The van der Waals surface area contributed by atoms with E-state index in [9.17, 15) is 24.0 Å². The third-order valence-electron chi connectivity index (χ3n) is 7.79. The van der Waals surface area contributed by atoms with Crippen LogP contribution in [0.1, 0.15) is 39.2 Å². The number of esters is 1. The average Bonchev–Trinajstić information content (AvgIpc) is 3.55. The van der Waals surface area contributed by atoms with Gasteiger partial charge in [-0.3, -0.25) is 19.2 Å². The smallest absolute Gasteiger partial charge is 0.338 e. The van der Waals surface area contributed by atoms with Crippen LogP contribution in [-0.2, 0) is 19.1 Å². The van der Waals surface area contributed by atoms with E-state index in [2.05, 4.69) is 10.3 Å². The maximum Gasteiger partial charge on any atom is 0.338 e. The number of para-hydroxylation sites is 1. The summed E-state index contributed by atoms with van der Waals surface area (Å²) in [5.74, 6) is -2.52. The van der Waals surface area contributed by atoms with E-state index in [0.717, 1.165) is 21.8 Å². The molecule has 3 atom stereocenters. The first-order valence-electron chi connectivity index (χ1n) is 14.4. The first kappa shape index (κ1) is 31.1. The van der Waals surface area contributed by atoms with Crippen molar-refractivity contribution < 1.29 is 33.4 Å². The second-order valence-corrected chi connectivity index (χ2v) is 12.8. The fourth-order valence-corrected chi connectivity index (χ4v) is 8.15. The van der Waals surface area contributed by atoms with E-state index in [0.29, 0.717) is 43.9 Å². The van der Waals surface area contributed by atoms with Crippen LogP contribution in [0.3, 0.4) is 0 Å². The molecule has 3 heterocycles. The van der Waals surface area contributed by atoms with E-state index >= 15 is 0 Å². The number of hydrogen-bond donors (Lipinski definition) is 2. The number of anilines is 2. The SMILES string of the molecule is CCOC(=O)c1ccc(N2C(=O)C3Sc4[nH]c(=O)sc4[C@H](c4ccc(OCC(=O)Nc5ccccc5C)c(OC)c4)C3C2=O)cc1. The summed E-state index contributed by atoms with van der Waals surface area (Å²) >= 11 is 2.16. The minimum absolute atomic E-state index is 0.221. The van der Waals surface area contributed by atoms with Gasteiger partial charge in [0.15, 0.2) is 18.1 Å². The van der Waals surface area contributed by atoms with Gasteiger partial charge in [-0.25, -0.2) is 9.69 Å². The van der Waals surface area contributed by atoms with Gasteiger partial charge in [0.2, 0.25) is 11.8 Å². The number of carbonyl (C=O) groups is 4. The van der Waals surface area contributed by atoms with Crippen molar-refractivity contribution in [2.24, 2.45) is 5.92 Å². The molecule has 13 heteroatoms. The zero-order valence-corrected chi connectivity index (χ0v) is 26.7. The lowest BCUT2D eigenvalue weighted by atomic mass is 9.83. The first-order valence-corrected chi connectivity index (χ1v) is 16.1. The zero-order chi connectivity index (χ0) is 32.5. The van der Waals surface area contributed by atoms with Crippen molar-refractivity contribution in [1.29, 1.82) is 0 Å². The molecule has 2 unspecified atom stereocenters. The fourth-order valence-electron chi connectivity index (χ4n) is 5.63. The molecule has 236 valence electrons. The number of thiazole rings is 1. The van der Waals surface area contributed by atoms with Gasteiger partial charge in [0, 0.05) is 16.5 Å². The monoisotopic (exact) mass is 659 g/mol. The van der Waals surface area contributed by atoms with Crippen molar-refractivity contribution in [3.63, 3.8) is 0 Å². The molecule has 1 saturated heterocycles. The molecule has 3 aromatic carbocycles. The summed E-state index contributed by atoms with van der Waals surface area (Å²) in [4.78, 5) is 69.3. The Morgan fingerprint density at radius 1 is 0.978 bits per heavy atom. The minimum Gasteiger partial charge on any atom is -0.493 e. The van der Waals surface area contributed by atoms with Gasteiger partial charge in [0.05, 0.1) is 35.9 Å². The number of amides is 3. The number of nitrogens with one attached hydrogen (secondary N) is 2. The highest BCUT2D eigenvalue weighted by Crippen LogP contribution is 2.53. The highest BCUT2D eigenvalue weighted by Gasteiger charge is 2.56. The molecule has 4 aromatic rings. The van der Waals surface area contributed by atoms with Gasteiger partial charge in [0.1, 0.15) is 5.25 Å². The van der Waals surface area contributed by atoms with Crippen LogP contribution in [0.4, 0.5) is 11.4 Å². The maximum absolute atomic E-state index is 14.1. The third-order valence-corrected chi connectivity index (χ3v) is 10.2. The number of hydrogen-bond acceptors (Lipinski definition) is 10. The Bertz CT molecular complexity index is 1900. The van der Waals surface area contributed by atoms with Gasteiger partial charge in [-0.1, -0.05) is 47.4 Å². The van der Waals surface area contributed by atoms with Gasteiger partial charge in [-0.2, -0.15) is 0 Å². The Morgan fingerprint density at radius 3 is 2.46 bits per heavy atom. The Balaban J connectivity index is 1.28. The number of rotatable bonds is 9. The van der Waals surface area contributed by atoms with Crippen molar-refractivity contribution in [2.75, 3.05) is 30.5 Å². The van der Waals surface area contributed by atoms with Crippen molar-refractivity contribution in [3.8, 4) is 11.5 Å². The number of aryl methyl sites for hydroxylation is 1. The summed E-state index contributed by atoms with van der Waals surface area (Å²) in [6, 6.07) is 18.6. The molecule has 1 fully saturated rings. The van der Waals surface area contributed by atoms with Crippen molar-refractivity contribution in [1.82, 2.24) is 4.98 Å². The summed E-state index contributed by atoms with van der Waals surface area (Å²) in [5.41, 5.74) is 2.88. The van der Waals surface area contributed by atoms with E-state index < -0.39 is 34.9 Å². The van der Waals surface area contributed by atoms with Crippen LogP contribution in [0.2, 0.25) is 0 Å². The number of thioether (sulfide) groups is 1. The lowest BCUT2D eigenvalue weighted by molar-refractivity contribution is -0.122. The molecule has 0 aliphatic carbocycles. The average molecular weight is 660 g/mol. The van der Waals surface area contributed by atoms with E-state index in [1.54, 1.807) is 43.3 Å². The van der Waals surface area contributed by atoms with Crippen LogP contribution in [0, 0.1) is 12.8 Å². The fraction of sp³-hybridized carbons (Fsp3) is 0.242. The largest absolute Gasteiger partial charge is 0.493 e. The lowest BCUT2D eigenvalue weighted by Gasteiger charge is -2.30. The molecule has 0 saturated carbocycles. The van der Waals surface area contributed by atoms with Crippen LogP contribution < -0.4 is 24.6 Å². The summed E-state index contributed by atoms with van der Waals surface area (Å²) in [6.07, 6.45) is 0. The number of imide groups is 1. The number of carbonyl (C=O) groups excluding carboxylic acids is 4. The summed E-state index contributed by atoms with van der Waals surface area (Å²) in [7, 11) is 1.46. The summed E-state index contributed by atoms with van der Waals surface area (Å²) in [6.45, 7) is 3.55. The van der Waals surface area contributed by atoms with Crippen LogP contribution in [0.5, 0.6) is 11.5 Å². The van der Waals surface area contributed by atoms with Gasteiger partial charge >= 0.3 is 10.8 Å². The molecule has 0 radical (unpaired) electrons. The van der Waals surface area contributed by atoms with Gasteiger partial charge in [-0.05, 0) is 67.4 Å². The number of nitrogens with zero attached hydrogens (tertiary/aromatic N) is 1. The van der Waals surface area contributed by atoms with E-state index in [1.165, 1.54) is 31.0 Å². The zero-order valence-electron chi connectivity index (χ0n) is 25.0. The third kappa shape index (κ3) is 5.79. The van der Waals surface area contributed by atoms with Crippen LogP contribution in [0.15, 0.2) is 76.6 Å². The number of aromatic amines is 1. The molecule has 1 aromatic heterocycles. The van der Waals surface area contributed by atoms with Gasteiger partial charge in [0.25, 0.3) is 5.91 Å². The topological polar surface area (TPSA) is 144 Å². The molecular formula is C33H29N3O8S2. The number of fused-ring (bicyclic) bond motifs is 2. The predicted octanol–water partition coefficient (Wildman–Crippen LogP) is 4.74. The second-order valence-electron chi connectivity index (χ2n) is 10.6. The molecule has 2 N–H and O–H groups in total. The standard InChI is InChI=1S/C33H29N3O8S2/c1-4-43-32(40)18-9-12-20(13-10-18)36-30(38)26-25(27-29(35-33(41)46-27)45-28(26)31(36)39)19-11-14-22(23(15-19)42-3)44-16-24(37)34-21-8-6-5-7-17(21)2/h5-15,25-26,28H,4,16H2,1-3H3,(H,34,37)(H,35,41)/t25-,26?,28?/m1/s1. The molecule has 6 rings (SSSR count). The molecule has 0 bridgehead atoms. The molecular weight excluding hydrogens is 631 g/mol. The summed E-state index contributed by atoms with van der Waals surface area (Å²) < 4.78 is 16.4. The number of aromatic nitrogens is 1. The van der Waals surface area contributed by atoms with Crippen LogP contribution in [-0.4, -0.2) is 54.2 Å². The molecule has 3 amide bonds. The molecule has 46 heavy (non-hydrogen) atoms. The Hall–Kier alpha value is -4.88. The number of benzene rings is 3. The minimum atomic E-state index is -0.822. The van der Waals surface area contributed by atoms with Gasteiger partial charge in [-0.15, -0.1) is 0 Å². The summed E-state index contributed by atoms with van der Waals surface area (Å²) in [5, 5.41) is 2.56. The quantitative estimate of drug-likeness (QED) is 0.192. The molecule has 0 spiro atoms. The van der Waals surface area contributed by atoms with Crippen molar-refractivity contribution in [3.05, 3.63) is 98.0 Å². The second kappa shape index (κ2) is 12.9. The van der Waals surface area contributed by atoms with E-state index in [4.69, 9.17) is 14.2 Å². The van der Waals surface area contributed by atoms with E-state index in [-0.39, 0.29) is 24.0 Å². The molecule has 2 aliphatic heterocycles. The van der Waals surface area contributed by atoms with Crippen LogP contribution >= 0.6 is 23.1 Å². The maximum atomic E-state index is 14.1. The number of ether oxygens (including phenoxy) is 3. The van der Waals surface area contributed by atoms with Crippen molar-refractivity contribution in [2.45, 2.75) is 30.0 Å². The highest BCUT2D eigenvalue weighted by atomic mass is 32.2. The Morgan fingerprint density at radius 2 is 1.74 bits per heavy atom. The molecule has 2 aliphatic rings. The Labute approximate surface area is 271 Å². The number of methoxy groups -OCH3 is 1. The lowest BCUT2D eigenvalue weighted by Crippen LogP contribution is -2.32. The van der Waals surface area contributed by atoms with Crippen molar-refractivity contribution >= 4 is 58.2 Å². The normalized spacial score (nSPS) is 18.5. The molecule has 11 nitrogen and oxygen atoms in total. The number of H-pyrrole nitrogens is 1. The van der Waals surface area contributed by atoms with Crippen LogP contribution in [0.25, 0.3) is 0 Å². The highest BCUT2D eigenvalue weighted by molar-refractivity contribution is 8.00.